The number of hydrogen-bond donors (Lipinski definition) is 1. The lowest BCUT2D eigenvalue weighted by molar-refractivity contribution is -0.142. The molecular formula is C9H19NO4. The first-order valence-corrected chi connectivity index (χ1v) is 4.45. The fourth-order valence-electron chi connectivity index (χ4n) is 1.02. The number of methoxy groups -OCH3 is 3. The summed E-state index contributed by atoms with van der Waals surface area (Å²) in [7, 11) is 4.53. The highest BCUT2D eigenvalue weighted by Gasteiger charge is 2.20. The van der Waals surface area contributed by atoms with Crippen LogP contribution in [0.2, 0.25) is 0 Å². The van der Waals surface area contributed by atoms with Gasteiger partial charge in [0.15, 0.2) is 6.29 Å². The number of rotatable bonds is 6. The van der Waals surface area contributed by atoms with Gasteiger partial charge in [-0.2, -0.15) is 0 Å². The van der Waals surface area contributed by atoms with Crippen LogP contribution in [0.15, 0.2) is 0 Å². The second-order valence-electron chi connectivity index (χ2n) is 3.01. The van der Waals surface area contributed by atoms with Crippen molar-refractivity contribution >= 4 is 5.91 Å². The highest BCUT2D eigenvalue weighted by molar-refractivity contribution is 5.80. The van der Waals surface area contributed by atoms with Gasteiger partial charge in [-0.3, -0.25) is 4.79 Å². The van der Waals surface area contributed by atoms with E-state index in [4.69, 9.17) is 14.2 Å². The molecule has 0 aliphatic rings. The summed E-state index contributed by atoms with van der Waals surface area (Å²) in [5.41, 5.74) is 0. The summed E-state index contributed by atoms with van der Waals surface area (Å²) < 4.78 is 14.9. The van der Waals surface area contributed by atoms with Crippen LogP contribution in [0.3, 0.4) is 0 Å². The van der Waals surface area contributed by atoms with Crippen molar-refractivity contribution < 1.29 is 19.0 Å². The summed E-state index contributed by atoms with van der Waals surface area (Å²) in [6.07, 6.45) is -0.908. The van der Waals surface area contributed by atoms with Crippen LogP contribution < -0.4 is 5.32 Å². The van der Waals surface area contributed by atoms with E-state index in [2.05, 4.69) is 5.32 Å². The fourth-order valence-corrected chi connectivity index (χ4v) is 1.02. The Balaban J connectivity index is 4.03. The molecule has 0 heterocycles. The standard InChI is InChI=1S/C9H19NO4/c1-6(9(13-4)14-5)10-8(11)7(2)12-3/h6-7,9H,1-5H3,(H,10,11). The van der Waals surface area contributed by atoms with Gasteiger partial charge in [0.2, 0.25) is 5.91 Å². The molecule has 1 N–H and O–H groups in total. The molecule has 0 rings (SSSR count). The van der Waals surface area contributed by atoms with Crippen molar-refractivity contribution in [2.24, 2.45) is 0 Å². The molecule has 0 saturated heterocycles. The lowest BCUT2D eigenvalue weighted by atomic mass is 10.3. The summed E-state index contributed by atoms with van der Waals surface area (Å²) in [6.45, 7) is 3.48. The molecule has 5 heteroatoms. The number of carbonyl (C=O) groups excluding carboxylic acids is 1. The monoisotopic (exact) mass is 205 g/mol. The molecule has 0 saturated carbocycles. The molecule has 2 atom stereocenters. The minimum atomic E-state index is -0.466. The molecule has 0 aromatic heterocycles. The summed E-state index contributed by atoms with van der Waals surface area (Å²) in [6, 6.07) is -0.213. The minimum absolute atomic E-state index is 0.181. The first kappa shape index (κ1) is 13.4. The predicted octanol–water partition coefficient (Wildman–Crippen LogP) is 0.145. The highest BCUT2D eigenvalue weighted by atomic mass is 16.7. The second-order valence-corrected chi connectivity index (χ2v) is 3.01. The third-order valence-electron chi connectivity index (χ3n) is 1.97. The number of nitrogens with one attached hydrogen (secondary N) is 1. The van der Waals surface area contributed by atoms with Gasteiger partial charge in [0.25, 0.3) is 0 Å². The highest BCUT2D eigenvalue weighted by Crippen LogP contribution is 1.99. The van der Waals surface area contributed by atoms with Crippen molar-refractivity contribution in [3.8, 4) is 0 Å². The van der Waals surface area contributed by atoms with E-state index in [1.54, 1.807) is 13.8 Å². The van der Waals surface area contributed by atoms with E-state index in [0.717, 1.165) is 0 Å². The van der Waals surface area contributed by atoms with Crippen molar-refractivity contribution in [2.45, 2.75) is 32.3 Å². The van der Waals surface area contributed by atoms with Crippen LogP contribution in [0.5, 0.6) is 0 Å². The average molecular weight is 205 g/mol. The molecular weight excluding hydrogens is 186 g/mol. The molecule has 0 radical (unpaired) electrons. The smallest absolute Gasteiger partial charge is 0.249 e. The van der Waals surface area contributed by atoms with Crippen molar-refractivity contribution in [2.75, 3.05) is 21.3 Å². The molecule has 0 fully saturated rings. The SMILES string of the molecule is COC(C)C(=O)NC(C)C(OC)OC. The number of ether oxygens (including phenoxy) is 3. The summed E-state index contributed by atoms with van der Waals surface area (Å²) in [5.74, 6) is -0.181. The van der Waals surface area contributed by atoms with Gasteiger partial charge in [0.05, 0.1) is 6.04 Å². The largest absolute Gasteiger partial charge is 0.372 e. The van der Waals surface area contributed by atoms with Crippen LogP contribution in [0.4, 0.5) is 0 Å². The van der Waals surface area contributed by atoms with Crippen LogP contribution in [0, 0.1) is 0 Å². The van der Waals surface area contributed by atoms with Crippen LogP contribution in [-0.4, -0.2) is 45.7 Å². The topological polar surface area (TPSA) is 56.8 Å². The van der Waals surface area contributed by atoms with E-state index in [9.17, 15) is 4.79 Å². The summed E-state index contributed by atoms with van der Waals surface area (Å²) in [5, 5.41) is 2.72. The fraction of sp³-hybridized carbons (Fsp3) is 0.889. The van der Waals surface area contributed by atoms with Crippen LogP contribution >= 0.6 is 0 Å². The molecule has 0 aromatic carbocycles. The third kappa shape index (κ3) is 4.04. The maximum atomic E-state index is 11.4. The Morgan fingerprint density at radius 1 is 1.07 bits per heavy atom. The molecule has 0 bridgehead atoms. The van der Waals surface area contributed by atoms with E-state index in [0.29, 0.717) is 0 Å². The van der Waals surface area contributed by atoms with Gasteiger partial charge in [0, 0.05) is 21.3 Å². The van der Waals surface area contributed by atoms with E-state index in [-0.39, 0.29) is 11.9 Å². The Morgan fingerprint density at radius 3 is 1.93 bits per heavy atom. The van der Waals surface area contributed by atoms with Gasteiger partial charge >= 0.3 is 0 Å². The van der Waals surface area contributed by atoms with Crippen LogP contribution in [-0.2, 0) is 19.0 Å². The normalized spacial score (nSPS) is 15.3. The number of hydrogen-bond acceptors (Lipinski definition) is 4. The van der Waals surface area contributed by atoms with E-state index in [1.807, 2.05) is 0 Å². The molecule has 0 aromatic rings. The van der Waals surface area contributed by atoms with E-state index < -0.39 is 12.4 Å². The van der Waals surface area contributed by atoms with E-state index in [1.165, 1.54) is 21.3 Å². The third-order valence-corrected chi connectivity index (χ3v) is 1.97. The Hall–Kier alpha value is -0.650. The summed E-state index contributed by atoms with van der Waals surface area (Å²) in [4.78, 5) is 11.4. The average Bonchev–Trinajstić information content (AvgIpc) is 2.18. The van der Waals surface area contributed by atoms with Gasteiger partial charge < -0.3 is 19.5 Å². The number of carbonyl (C=O) groups is 1. The van der Waals surface area contributed by atoms with Gasteiger partial charge in [0.1, 0.15) is 6.10 Å². The molecule has 84 valence electrons. The first-order chi connectivity index (χ1) is 6.56. The molecule has 14 heavy (non-hydrogen) atoms. The van der Waals surface area contributed by atoms with Crippen LogP contribution in [0.1, 0.15) is 13.8 Å². The zero-order valence-electron chi connectivity index (χ0n) is 9.37. The molecule has 5 nitrogen and oxygen atoms in total. The van der Waals surface area contributed by atoms with Gasteiger partial charge in [-0.25, -0.2) is 0 Å². The molecule has 1 amide bonds. The van der Waals surface area contributed by atoms with Crippen LogP contribution in [0.25, 0.3) is 0 Å². The predicted molar refractivity (Wildman–Crippen MR) is 51.9 cm³/mol. The lowest BCUT2D eigenvalue weighted by Crippen LogP contribution is -2.46. The van der Waals surface area contributed by atoms with Crippen molar-refractivity contribution in [3.05, 3.63) is 0 Å². The first-order valence-electron chi connectivity index (χ1n) is 4.45. The van der Waals surface area contributed by atoms with Crippen molar-refractivity contribution in [1.82, 2.24) is 5.32 Å². The molecule has 0 spiro atoms. The molecule has 2 unspecified atom stereocenters. The van der Waals surface area contributed by atoms with Crippen molar-refractivity contribution in [3.63, 3.8) is 0 Å². The Labute approximate surface area is 84.7 Å². The van der Waals surface area contributed by atoms with Gasteiger partial charge in [-0.15, -0.1) is 0 Å². The van der Waals surface area contributed by atoms with Gasteiger partial charge in [-0.05, 0) is 13.8 Å². The lowest BCUT2D eigenvalue weighted by Gasteiger charge is -2.23. The Kier molecular flexibility index (Phi) is 6.44. The second kappa shape index (κ2) is 6.75. The van der Waals surface area contributed by atoms with Crippen molar-refractivity contribution in [1.29, 1.82) is 0 Å². The molecule has 0 aliphatic carbocycles. The molecule has 0 aliphatic heterocycles. The van der Waals surface area contributed by atoms with Gasteiger partial charge in [-0.1, -0.05) is 0 Å². The maximum absolute atomic E-state index is 11.4. The zero-order valence-corrected chi connectivity index (χ0v) is 9.37. The zero-order chi connectivity index (χ0) is 11.1. The number of amides is 1. The van der Waals surface area contributed by atoms with E-state index >= 15 is 0 Å². The Bertz CT molecular complexity index is 170. The summed E-state index contributed by atoms with van der Waals surface area (Å²) >= 11 is 0. The Morgan fingerprint density at radius 2 is 1.57 bits per heavy atom. The minimum Gasteiger partial charge on any atom is -0.372 e. The quantitative estimate of drug-likeness (QED) is 0.627. The maximum Gasteiger partial charge on any atom is 0.249 e.